The van der Waals surface area contributed by atoms with E-state index in [2.05, 4.69) is 0 Å². The van der Waals surface area contributed by atoms with Crippen LogP contribution in [0.15, 0.2) is 0 Å². The minimum absolute atomic E-state index is 0. The Morgan fingerprint density at radius 1 is 0.500 bits per heavy atom. The van der Waals surface area contributed by atoms with Gasteiger partial charge in [-0.2, -0.15) is 0 Å². The molecule has 0 heterocycles. The van der Waals surface area contributed by atoms with Crippen molar-refractivity contribution in [3.8, 4) is 0 Å². The molecule has 0 bridgehead atoms. The Hall–Kier alpha value is 2.22. The van der Waals surface area contributed by atoms with Crippen LogP contribution in [-0.2, 0) is 0 Å². The molecule has 4 heteroatoms. The van der Waals surface area contributed by atoms with Crippen molar-refractivity contribution >= 4 is 9.90 Å². The molecule has 4 heavy (non-hydrogen) atoms. The second kappa shape index (κ2) is 18.9. The zero-order valence-electron chi connectivity index (χ0n) is 3.45. The zero-order valence-corrected chi connectivity index (χ0v) is 4.34. The standard InChI is InChI=1S/3Li.P/q3*+1;-3. The van der Waals surface area contributed by atoms with Crippen molar-refractivity contribution in [1.29, 1.82) is 0 Å². The van der Waals surface area contributed by atoms with Crippen LogP contribution in [0.5, 0.6) is 0 Å². The summed E-state index contributed by atoms with van der Waals surface area (Å²) >= 11 is 0. The average Bonchev–Trinajstić information content (AvgIpc) is 0. The molecule has 0 saturated carbocycles. The molecule has 8 valence electrons. The first-order valence-electron chi connectivity index (χ1n) is 0. The van der Waals surface area contributed by atoms with Crippen LogP contribution in [-0.4, -0.2) is 0 Å². The van der Waals surface area contributed by atoms with Gasteiger partial charge in [0, 0.05) is 0 Å². The Balaban J connectivity index is 0. The molecule has 0 amide bonds. The summed E-state index contributed by atoms with van der Waals surface area (Å²) in [6.45, 7) is 0. The van der Waals surface area contributed by atoms with E-state index in [0.29, 0.717) is 0 Å². The topological polar surface area (TPSA) is 0 Å². The molecular weight excluding hydrogens is 51.8 g/mol. The fraction of sp³-hybridized carbons (Fsp3) is 0. The average molecular weight is 51.8 g/mol. The van der Waals surface area contributed by atoms with E-state index in [-0.39, 0.29) is 66.5 Å². The molecule has 0 aliphatic heterocycles. The van der Waals surface area contributed by atoms with Gasteiger partial charge in [0.15, 0.2) is 0 Å². The fourth-order valence-corrected chi connectivity index (χ4v) is 0. The third-order valence-electron chi connectivity index (χ3n) is 0. The summed E-state index contributed by atoms with van der Waals surface area (Å²) < 4.78 is 0. The van der Waals surface area contributed by atoms with Gasteiger partial charge >= 0.3 is 56.6 Å². The summed E-state index contributed by atoms with van der Waals surface area (Å²) in [7, 11) is 0. The molecule has 0 spiro atoms. The predicted molar refractivity (Wildman–Crippen MR) is 6.92 cm³/mol. The van der Waals surface area contributed by atoms with Crippen LogP contribution in [0, 0.1) is 0 Å². The van der Waals surface area contributed by atoms with Crippen molar-refractivity contribution in [3.63, 3.8) is 0 Å². The van der Waals surface area contributed by atoms with Crippen LogP contribution in [0.4, 0.5) is 0 Å². The molecule has 0 unspecified atom stereocenters. The molecule has 0 rings (SSSR count). The smallest absolute Gasteiger partial charge is 1.00 e. The fourth-order valence-electron chi connectivity index (χ4n) is 0. The molecule has 0 radical (unpaired) electrons. The molecule has 0 N–H and O–H groups in total. The maximum absolute atomic E-state index is 0. The minimum atomic E-state index is 0. The van der Waals surface area contributed by atoms with Gasteiger partial charge in [-0.05, 0) is 0 Å². The maximum Gasteiger partial charge on any atom is 1.00 e. The minimum Gasteiger partial charge on any atom is -3.00 e. The van der Waals surface area contributed by atoms with Gasteiger partial charge in [0.2, 0.25) is 0 Å². The van der Waals surface area contributed by atoms with Gasteiger partial charge in [-0.1, -0.05) is 0 Å². The van der Waals surface area contributed by atoms with Crippen molar-refractivity contribution in [2.75, 3.05) is 0 Å². The van der Waals surface area contributed by atoms with Gasteiger partial charge in [0.25, 0.3) is 0 Å². The molecule has 0 aliphatic carbocycles. The summed E-state index contributed by atoms with van der Waals surface area (Å²) in [5.41, 5.74) is 0. The third kappa shape index (κ3) is 8.88. The second-order valence-electron chi connectivity index (χ2n) is 0. The van der Waals surface area contributed by atoms with E-state index in [1.165, 1.54) is 0 Å². The van der Waals surface area contributed by atoms with Crippen molar-refractivity contribution in [2.45, 2.75) is 0 Å². The second-order valence-corrected chi connectivity index (χ2v) is 0. The van der Waals surface area contributed by atoms with Crippen molar-refractivity contribution < 1.29 is 56.6 Å². The summed E-state index contributed by atoms with van der Waals surface area (Å²) in [5.74, 6) is 0. The van der Waals surface area contributed by atoms with Gasteiger partial charge in [0.1, 0.15) is 0 Å². The van der Waals surface area contributed by atoms with Gasteiger partial charge in [-0.3, -0.25) is 0 Å². The van der Waals surface area contributed by atoms with Gasteiger partial charge < -0.3 is 9.90 Å². The van der Waals surface area contributed by atoms with E-state index >= 15 is 0 Å². The quantitative estimate of drug-likeness (QED) is 0.189. The van der Waals surface area contributed by atoms with Crippen LogP contribution < -0.4 is 56.6 Å². The Morgan fingerprint density at radius 2 is 0.500 bits per heavy atom. The molecule has 0 nitrogen and oxygen atoms in total. The van der Waals surface area contributed by atoms with Crippen molar-refractivity contribution in [1.82, 2.24) is 0 Å². The Morgan fingerprint density at radius 3 is 0.500 bits per heavy atom. The van der Waals surface area contributed by atoms with E-state index in [1.807, 2.05) is 0 Å². The van der Waals surface area contributed by atoms with E-state index in [1.54, 1.807) is 0 Å². The molecule has 0 aromatic rings. The SMILES string of the molecule is [Li+].[Li+].[Li+].[P-3]. The first kappa shape index (κ1) is 34.4. The molecule has 0 aromatic carbocycles. The number of hydrogen-bond donors (Lipinski definition) is 0. The first-order valence-corrected chi connectivity index (χ1v) is 0. The van der Waals surface area contributed by atoms with Crippen LogP contribution in [0.3, 0.4) is 0 Å². The Kier molecular flexibility index (Phi) is 162. The molecule has 0 atom stereocenters. The third-order valence-corrected chi connectivity index (χ3v) is 0. The van der Waals surface area contributed by atoms with Crippen LogP contribution in [0.25, 0.3) is 0 Å². The van der Waals surface area contributed by atoms with Crippen LogP contribution >= 0.6 is 9.90 Å². The Labute approximate surface area is 66.0 Å². The molecule has 0 aliphatic rings. The van der Waals surface area contributed by atoms with E-state index in [4.69, 9.17) is 0 Å². The van der Waals surface area contributed by atoms with E-state index in [9.17, 15) is 0 Å². The summed E-state index contributed by atoms with van der Waals surface area (Å²) in [5, 5.41) is 0. The number of hydrogen-bond acceptors (Lipinski definition) is 0. The van der Waals surface area contributed by atoms with Crippen molar-refractivity contribution in [2.24, 2.45) is 0 Å². The molecule has 0 fully saturated rings. The first-order chi connectivity index (χ1) is 0. The Bertz CT molecular complexity index is 3.25. The monoisotopic (exact) mass is 52.0 g/mol. The molecule has 0 saturated heterocycles. The van der Waals surface area contributed by atoms with Crippen molar-refractivity contribution in [3.05, 3.63) is 0 Å². The van der Waals surface area contributed by atoms with E-state index < -0.39 is 0 Å². The zero-order chi connectivity index (χ0) is 0. The largest absolute Gasteiger partial charge is 3.00 e. The molecular formula is Li3P. The number of rotatable bonds is 0. The predicted octanol–water partition coefficient (Wildman–Crippen LogP) is -8.13. The maximum atomic E-state index is 0. The molecule has 0 aromatic heterocycles. The van der Waals surface area contributed by atoms with Crippen LogP contribution in [0.2, 0.25) is 0 Å². The summed E-state index contributed by atoms with van der Waals surface area (Å²) in [4.78, 5) is 0. The van der Waals surface area contributed by atoms with Crippen LogP contribution in [0.1, 0.15) is 0 Å². The van der Waals surface area contributed by atoms with Gasteiger partial charge in [-0.25, -0.2) is 0 Å². The van der Waals surface area contributed by atoms with Gasteiger partial charge in [0.05, 0.1) is 0 Å². The summed E-state index contributed by atoms with van der Waals surface area (Å²) in [6, 6.07) is 0. The summed E-state index contributed by atoms with van der Waals surface area (Å²) in [6.07, 6.45) is 0. The van der Waals surface area contributed by atoms with E-state index in [0.717, 1.165) is 0 Å². The van der Waals surface area contributed by atoms with Gasteiger partial charge in [-0.15, -0.1) is 0 Å². The normalized spacial score (nSPS) is 0.